The highest BCUT2D eigenvalue weighted by atomic mass is 127. The van der Waals surface area contributed by atoms with E-state index >= 15 is 0 Å². The van der Waals surface area contributed by atoms with Crippen molar-refractivity contribution in [2.45, 2.75) is 25.0 Å². The number of hydrogen-bond donors (Lipinski definition) is 2. The molecule has 2 aromatic carbocycles. The van der Waals surface area contributed by atoms with Crippen LogP contribution >= 0.6 is 22.6 Å². The monoisotopic (exact) mass is 484 g/mol. The molecule has 0 bridgehead atoms. The summed E-state index contributed by atoms with van der Waals surface area (Å²) in [5.74, 6) is 0. The van der Waals surface area contributed by atoms with Gasteiger partial charge in [0.25, 0.3) is 0 Å². The smallest absolute Gasteiger partial charge is 0.240 e. The van der Waals surface area contributed by atoms with Crippen LogP contribution in [0.2, 0.25) is 0 Å². The molecule has 0 amide bonds. The van der Waals surface area contributed by atoms with Crippen LogP contribution in [-0.2, 0) is 23.2 Å². The van der Waals surface area contributed by atoms with Gasteiger partial charge in [0, 0.05) is 5.56 Å². The maximum atomic E-state index is 12.4. The summed E-state index contributed by atoms with van der Waals surface area (Å²) in [7, 11) is -3.63. The number of aryl methyl sites for hydroxylation is 1. The zero-order chi connectivity index (χ0) is 18.7. The number of aliphatic hydroxyl groups excluding tert-OH is 1. The van der Waals surface area contributed by atoms with Crippen LogP contribution in [0.4, 0.5) is 0 Å². The maximum Gasteiger partial charge on any atom is 0.240 e. The molecule has 2 N–H and O–H groups in total. The van der Waals surface area contributed by atoms with Crippen molar-refractivity contribution in [1.82, 2.24) is 19.7 Å². The Morgan fingerprint density at radius 1 is 1.15 bits per heavy atom. The van der Waals surface area contributed by atoms with E-state index < -0.39 is 10.0 Å². The van der Waals surface area contributed by atoms with Gasteiger partial charge in [-0.2, -0.15) is 0 Å². The van der Waals surface area contributed by atoms with Gasteiger partial charge in [-0.25, -0.2) is 17.8 Å². The topological polar surface area (TPSA) is 97.1 Å². The normalized spacial score (nSPS) is 11.7. The van der Waals surface area contributed by atoms with E-state index in [9.17, 15) is 13.5 Å². The van der Waals surface area contributed by atoms with E-state index in [1.807, 2.05) is 25.1 Å². The molecule has 0 saturated carbocycles. The van der Waals surface area contributed by atoms with Gasteiger partial charge in [0.15, 0.2) is 0 Å². The minimum Gasteiger partial charge on any atom is -0.392 e. The van der Waals surface area contributed by atoms with Crippen molar-refractivity contribution in [3.8, 4) is 5.69 Å². The second-order valence-electron chi connectivity index (χ2n) is 5.66. The Hall–Kier alpha value is -1.82. The molecule has 0 saturated heterocycles. The number of hydrogen-bond acceptors (Lipinski definition) is 5. The highest BCUT2D eigenvalue weighted by Gasteiger charge is 2.18. The van der Waals surface area contributed by atoms with Gasteiger partial charge in [0.1, 0.15) is 9.39 Å². The number of aliphatic hydroxyl groups is 1. The van der Waals surface area contributed by atoms with Crippen LogP contribution in [0.15, 0.2) is 53.4 Å². The Labute approximate surface area is 165 Å². The molecule has 0 aliphatic heterocycles. The molecule has 0 aliphatic rings. The van der Waals surface area contributed by atoms with E-state index in [0.717, 1.165) is 5.56 Å². The van der Waals surface area contributed by atoms with Crippen molar-refractivity contribution in [3.05, 3.63) is 69.1 Å². The Bertz CT molecular complexity index is 1020. The first-order valence-electron chi connectivity index (χ1n) is 7.78. The van der Waals surface area contributed by atoms with Gasteiger partial charge in [0.2, 0.25) is 10.0 Å². The molecule has 1 aromatic heterocycles. The fourth-order valence-electron chi connectivity index (χ4n) is 2.38. The Morgan fingerprint density at radius 2 is 1.85 bits per heavy atom. The highest BCUT2D eigenvalue weighted by molar-refractivity contribution is 14.1. The summed E-state index contributed by atoms with van der Waals surface area (Å²) in [6.07, 6.45) is 0. The van der Waals surface area contributed by atoms with Crippen molar-refractivity contribution in [2.24, 2.45) is 0 Å². The van der Waals surface area contributed by atoms with E-state index in [1.165, 1.54) is 0 Å². The standard InChI is InChI=1S/C17H17IN4O3S/c1-12-6-8-14(9-7-12)26(24,25)19-10-15-17(18)22(21-20-15)16-5-3-2-4-13(16)11-23/h2-9,19,23H,10-11H2,1H3. The predicted octanol–water partition coefficient (Wildman–Crippen LogP) is 2.15. The van der Waals surface area contributed by atoms with Gasteiger partial charge in [-0.3, -0.25) is 0 Å². The van der Waals surface area contributed by atoms with Gasteiger partial charge >= 0.3 is 0 Å². The maximum absolute atomic E-state index is 12.4. The molecule has 0 spiro atoms. The summed E-state index contributed by atoms with van der Waals surface area (Å²) in [6.45, 7) is 1.80. The van der Waals surface area contributed by atoms with Gasteiger partial charge in [-0.1, -0.05) is 41.1 Å². The third kappa shape index (κ3) is 3.95. The lowest BCUT2D eigenvalue weighted by atomic mass is 10.2. The molecule has 0 unspecified atom stereocenters. The van der Waals surface area contributed by atoms with E-state index in [2.05, 4.69) is 37.6 Å². The summed E-state index contributed by atoms with van der Waals surface area (Å²) in [5.41, 5.74) is 2.92. The van der Waals surface area contributed by atoms with E-state index in [-0.39, 0.29) is 18.0 Å². The van der Waals surface area contributed by atoms with E-state index in [1.54, 1.807) is 35.0 Å². The fraction of sp³-hybridized carbons (Fsp3) is 0.176. The first-order valence-corrected chi connectivity index (χ1v) is 10.3. The second-order valence-corrected chi connectivity index (χ2v) is 8.45. The molecule has 3 aromatic rings. The molecule has 9 heteroatoms. The van der Waals surface area contributed by atoms with Crippen LogP contribution in [0.3, 0.4) is 0 Å². The van der Waals surface area contributed by atoms with Crippen LogP contribution in [0.1, 0.15) is 16.8 Å². The quantitative estimate of drug-likeness (QED) is 0.523. The Morgan fingerprint density at radius 3 is 2.54 bits per heavy atom. The number of nitrogens with zero attached hydrogens (tertiary/aromatic N) is 3. The van der Waals surface area contributed by atoms with Crippen molar-refractivity contribution in [3.63, 3.8) is 0 Å². The Balaban J connectivity index is 1.82. The van der Waals surface area contributed by atoms with Crippen LogP contribution in [0.25, 0.3) is 5.69 Å². The average molecular weight is 484 g/mol. The van der Waals surface area contributed by atoms with Crippen LogP contribution in [0.5, 0.6) is 0 Å². The molecule has 1 heterocycles. The minimum absolute atomic E-state index is 0.0236. The molecular weight excluding hydrogens is 467 g/mol. The first kappa shape index (κ1) is 19.0. The molecule has 0 atom stereocenters. The zero-order valence-corrected chi connectivity index (χ0v) is 16.9. The molecule has 0 radical (unpaired) electrons. The molecule has 0 fully saturated rings. The molecule has 136 valence electrons. The van der Waals surface area contributed by atoms with Crippen LogP contribution in [-0.4, -0.2) is 28.5 Å². The number of sulfonamides is 1. The number of halogens is 1. The number of aromatic nitrogens is 3. The average Bonchev–Trinajstić information content (AvgIpc) is 3.01. The zero-order valence-electron chi connectivity index (χ0n) is 13.9. The third-order valence-electron chi connectivity index (χ3n) is 3.83. The fourth-order valence-corrected chi connectivity index (χ4v) is 4.02. The molecular formula is C17H17IN4O3S. The summed E-state index contributed by atoms with van der Waals surface area (Å²) < 4.78 is 29.6. The van der Waals surface area contributed by atoms with E-state index in [4.69, 9.17) is 0 Å². The van der Waals surface area contributed by atoms with Crippen molar-refractivity contribution in [2.75, 3.05) is 0 Å². The lowest BCUT2D eigenvalue weighted by Crippen LogP contribution is -2.24. The summed E-state index contributed by atoms with van der Waals surface area (Å²) in [6, 6.07) is 13.9. The van der Waals surface area contributed by atoms with Crippen LogP contribution < -0.4 is 4.72 Å². The second kappa shape index (κ2) is 7.82. The first-order chi connectivity index (χ1) is 12.4. The number of para-hydroxylation sites is 1. The lowest BCUT2D eigenvalue weighted by Gasteiger charge is -2.08. The number of benzene rings is 2. The summed E-state index contributed by atoms with van der Waals surface area (Å²) in [5, 5.41) is 17.6. The van der Waals surface area contributed by atoms with Gasteiger partial charge < -0.3 is 5.11 Å². The SMILES string of the molecule is Cc1ccc(S(=O)(=O)NCc2nnn(-c3ccccc3CO)c2I)cc1. The minimum atomic E-state index is -3.63. The van der Waals surface area contributed by atoms with Gasteiger partial charge in [-0.05, 0) is 47.7 Å². The lowest BCUT2D eigenvalue weighted by molar-refractivity contribution is 0.281. The number of nitrogens with one attached hydrogen (secondary N) is 1. The van der Waals surface area contributed by atoms with Crippen molar-refractivity contribution in [1.29, 1.82) is 0 Å². The van der Waals surface area contributed by atoms with Crippen molar-refractivity contribution < 1.29 is 13.5 Å². The molecule has 26 heavy (non-hydrogen) atoms. The molecule has 3 rings (SSSR count). The van der Waals surface area contributed by atoms with Crippen LogP contribution in [0, 0.1) is 10.6 Å². The van der Waals surface area contributed by atoms with E-state index in [0.29, 0.717) is 20.6 Å². The molecule has 0 aliphatic carbocycles. The summed E-state index contributed by atoms with van der Waals surface area (Å²) in [4.78, 5) is 0.205. The number of rotatable bonds is 6. The predicted molar refractivity (Wildman–Crippen MR) is 105 cm³/mol. The highest BCUT2D eigenvalue weighted by Crippen LogP contribution is 2.19. The largest absolute Gasteiger partial charge is 0.392 e. The molecule has 7 nitrogen and oxygen atoms in total. The third-order valence-corrected chi connectivity index (χ3v) is 6.33. The van der Waals surface area contributed by atoms with Gasteiger partial charge in [-0.15, -0.1) is 5.10 Å². The van der Waals surface area contributed by atoms with Crippen molar-refractivity contribution >= 4 is 32.6 Å². The Kier molecular flexibility index (Phi) is 5.70. The summed E-state index contributed by atoms with van der Waals surface area (Å²) >= 11 is 2.06. The van der Waals surface area contributed by atoms with Gasteiger partial charge in [0.05, 0.1) is 23.7 Å².